The first kappa shape index (κ1) is 22.3. The molecule has 36 heavy (non-hydrogen) atoms. The Labute approximate surface area is 211 Å². The second kappa shape index (κ2) is 9.15. The van der Waals surface area contributed by atoms with Gasteiger partial charge in [-0.05, 0) is 17.2 Å². The minimum Gasteiger partial charge on any atom is -0.343 e. The first-order valence-electron chi connectivity index (χ1n) is 12.1. The average molecular weight is 484 g/mol. The Hall–Kier alpha value is -4.13. The zero-order valence-electron chi connectivity index (χ0n) is 20.1. The molecule has 0 aliphatic carbocycles. The molecule has 5 aromatic carbocycles. The first-order chi connectivity index (χ1) is 17.7. The summed E-state index contributed by atoms with van der Waals surface area (Å²) in [6.45, 7) is 0. The van der Waals surface area contributed by atoms with Crippen molar-refractivity contribution in [2.45, 2.75) is 0 Å². The number of aryl methyl sites for hydroxylation is 1. The molecule has 0 unspecified atom stereocenters. The van der Waals surface area contributed by atoms with Crippen molar-refractivity contribution >= 4 is 34.0 Å². The number of nitrogens with zero attached hydrogens (tertiary/aromatic N) is 1. The number of benzene rings is 5. The van der Waals surface area contributed by atoms with Crippen LogP contribution in [0.2, 0.25) is 0 Å². The highest BCUT2D eigenvalue weighted by molar-refractivity contribution is 7.85. The molecule has 6 aromatic rings. The van der Waals surface area contributed by atoms with Crippen LogP contribution in [0.25, 0.3) is 33.3 Å². The summed E-state index contributed by atoms with van der Waals surface area (Å²) < 4.78 is 17.0. The van der Waals surface area contributed by atoms with Gasteiger partial charge in [0.2, 0.25) is 0 Å². The van der Waals surface area contributed by atoms with Crippen LogP contribution >= 0.6 is 7.14 Å². The summed E-state index contributed by atoms with van der Waals surface area (Å²) in [5.41, 5.74) is 5.85. The van der Waals surface area contributed by atoms with E-state index in [-0.39, 0.29) is 0 Å². The Morgan fingerprint density at radius 1 is 0.500 bits per heavy atom. The van der Waals surface area contributed by atoms with Gasteiger partial charge in [0.15, 0.2) is 7.14 Å². The summed E-state index contributed by atoms with van der Waals surface area (Å²) in [5.74, 6) is 0. The van der Waals surface area contributed by atoms with E-state index in [1.165, 1.54) is 22.0 Å². The minimum absolute atomic E-state index is 0.837. The van der Waals surface area contributed by atoms with E-state index >= 15 is 0 Å². The Morgan fingerprint density at radius 2 is 0.972 bits per heavy atom. The molecule has 0 atom stereocenters. The van der Waals surface area contributed by atoms with Crippen molar-refractivity contribution in [1.82, 2.24) is 4.57 Å². The molecule has 1 heterocycles. The van der Waals surface area contributed by atoms with E-state index < -0.39 is 7.14 Å². The molecule has 0 fully saturated rings. The summed E-state index contributed by atoms with van der Waals surface area (Å²) >= 11 is 0. The van der Waals surface area contributed by atoms with Crippen molar-refractivity contribution in [3.8, 4) is 22.4 Å². The van der Waals surface area contributed by atoms with E-state index in [9.17, 15) is 4.57 Å². The van der Waals surface area contributed by atoms with Crippen molar-refractivity contribution in [3.63, 3.8) is 0 Å². The topological polar surface area (TPSA) is 22.0 Å². The number of aromatic nitrogens is 1. The van der Waals surface area contributed by atoms with Gasteiger partial charge in [0, 0.05) is 39.4 Å². The van der Waals surface area contributed by atoms with Gasteiger partial charge in [-0.15, -0.1) is 0 Å². The SMILES string of the molecule is Cn1c(-c2ccc(P(=O)(c3ccccc3)c3ccccc3)cc2)c(-c2ccccc2)c2ccccc21. The Kier molecular flexibility index (Phi) is 5.68. The lowest BCUT2D eigenvalue weighted by Gasteiger charge is -2.20. The average Bonchev–Trinajstić information content (AvgIpc) is 3.26. The molecule has 2 nitrogen and oxygen atoms in total. The first-order valence-corrected chi connectivity index (χ1v) is 13.8. The van der Waals surface area contributed by atoms with Gasteiger partial charge in [-0.1, -0.05) is 133 Å². The van der Waals surface area contributed by atoms with Gasteiger partial charge in [-0.2, -0.15) is 0 Å². The number of para-hydroxylation sites is 1. The van der Waals surface area contributed by atoms with E-state index in [0.717, 1.165) is 27.2 Å². The fourth-order valence-corrected chi connectivity index (χ4v) is 7.83. The summed E-state index contributed by atoms with van der Waals surface area (Å²) in [6.07, 6.45) is 0. The molecular weight excluding hydrogens is 457 g/mol. The van der Waals surface area contributed by atoms with Gasteiger partial charge in [0.1, 0.15) is 0 Å². The normalized spacial score (nSPS) is 11.6. The van der Waals surface area contributed by atoms with E-state index in [1.807, 2.05) is 78.9 Å². The van der Waals surface area contributed by atoms with E-state index in [1.54, 1.807) is 0 Å². The van der Waals surface area contributed by atoms with Gasteiger partial charge in [-0.3, -0.25) is 0 Å². The van der Waals surface area contributed by atoms with Crippen molar-refractivity contribution in [1.29, 1.82) is 0 Å². The van der Waals surface area contributed by atoms with Crippen LogP contribution in [0.4, 0.5) is 0 Å². The van der Waals surface area contributed by atoms with Crippen molar-refractivity contribution in [2.24, 2.45) is 7.05 Å². The molecule has 174 valence electrons. The minimum atomic E-state index is -3.00. The lowest BCUT2D eigenvalue weighted by molar-refractivity contribution is 0.592. The molecule has 3 heteroatoms. The van der Waals surface area contributed by atoms with Crippen LogP contribution in [-0.4, -0.2) is 4.57 Å². The summed E-state index contributed by atoms with van der Waals surface area (Å²) in [4.78, 5) is 0. The highest BCUT2D eigenvalue weighted by Gasteiger charge is 2.29. The Balaban J connectivity index is 1.54. The summed E-state index contributed by atoms with van der Waals surface area (Å²) in [7, 11) is -0.883. The molecule has 0 saturated heterocycles. The highest BCUT2D eigenvalue weighted by atomic mass is 31.2. The summed E-state index contributed by atoms with van der Waals surface area (Å²) in [6, 6.07) is 47.1. The van der Waals surface area contributed by atoms with Gasteiger partial charge in [0.05, 0.1) is 5.69 Å². The Bertz CT molecular complexity index is 1640. The molecule has 0 spiro atoms. The molecule has 0 bridgehead atoms. The third kappa shape index (κ3) is 3.63. The molecular formula is C33H26NOP. The number of rotatable bonds is 5. The largest absolute Gasteiger partial charge is 0.343 e. The van der Waals surface area contributed by atoms with Crippen molar-refractivity contribution in [3.05, 3.63) is 140 Å². The smallest absolute Gasteiger partial charge is 0.171 e. The number of fused-ring (bicyclic) bond motifs is 1. The van der Waals surface area contributed by atoms with Crippen molar-refractivity contribution < 1.29 is 4.57 Å². The molecule has 1 aromatic heterocycles. The van der Waals surface area contributed by atoms with Crippen LogP contribution in [0.15, 0.2) is 140 Å². The van der Waals surface area contributed by atoms with Crippen LogP contribution in [0.3, 0.4) is 0 Å². The highest BCUT2D eigenvalue weighted by Crippen LogP contribution is 2.44. The van der Waals surface area contributed by atoms with Crippen LogP contribution in [0.5, 0.6) is 0 Å². The second-order valence-corrected chi connectivity index (χ2v) is 11.8. The van der Waals surface area contributed by atoms with Crippen LogP contribution in [-0.2, 0) is 11.6 Å². The molecule has 0 aliphatic heterocycles. The maximum absolute atomic E-state index is 14.8. The zero-order chi connectivity index (χ0) is 24.5. The van der Waals surface area contributed by atoms with Gasteiger partial charge >= 0.3 is 0 Å². The van der Waals surface area contributed by atoms with Gasteiger partial charge in [-0.25, -0.2) is 0 Å². The van der Waals surface area contributed by atoms with Crippen LogP contribution < -0.4 is 15.9 Å². The molecule has 0 N–H and O–H groups in total. The lowest BCUT2D eigenvalue weighted by atomic mass is 9.98. The fraction of sp³-hybridized carbons (Fsp3) is 0.0303. The predicted octanol–water partition coefficient (Wildman–Crippen LogP) is 7.15. The Morgan fingerprint density at radius 3 is 1.56 bits per heavy atom. The lowest BCUT2D eigenvalue weighted by Crippen LogP contribution is -2.24. The molecule has 6 rings (SSSR count). The van der Waals surface area contributed by atoms with Crippen LogP contribution in [0.1, 0.15) is 0 Å². The number of hydrogen-bond acceptors (Lipinski definition) is 1. The molecule has 0 saturated carbocycles. The van der Waals surface area contributed by atoms with E-state index in [2.05, 4.69) is 72.3 Å². The standard InChI is InChI=1S/C33H26NOP/c1-34-31-20-12-11-19-30(31)32(25-13-5-2-6-14-25)33(34)26-21-23-29(24-22-26)36(35,27-15-7-3-8-16-27)28-17-9-4-10-18-28/h2-24H,1H3. The molecule has 0 amide bonds. The quantitative estimate of drug-likeness (QED) is 0.239. The van der Waals surface area contributed by atoms with E-state index in [4.69, 9.17) is 0 Å². The molecule has 0 radical (unpaired) electrons. The fourth-order valence-electron chi connectivity index (χ4n) is 5.18. The maximum Gasteiger partial charge on any atom is 0.171 e. The van der Waals surface area contributed by atoms with Crippen molar-refractivity contribution in [2.75, 3.05) is 0 Å². The molecule has 0 aliphatic rings. The maximum atomic E-state index is 14.8. The predicted molar refractivity (Wildman–Crippen MR) is 153 cm³/mol. The summed E-state index contributed by atoms with van der Waals surface area (Å²) in [5, 5.41) is 3.75. The monoisotopic (exact) mass is 483 g/mol. The third-order valence-electron chi connectivity index (χ3n) is 6.91. The van der Waals surface area contributed by atoms with E-state index in [0.29, 0.717) is 0 Å². The van der Waals surface area contributed by atoms with Crippen LogP contribution in [0, 0.1) is 0 Å². The number of hydrogen-bond donors (Lipinski definition) is 0. The zero-order valence-corrected chi connectivity index (χ0v) is 21.0. The van der Waals surface area contributed by atoms with Gasteiger partial charge in [0.25, 0.3) is 0 Å². The third-order valence-corrected chi connectivity index (χ3v) is 9.99. The second-order valence-electron chi connectivity index (χ2n) is 8.99. The van der Waals surface area contributed by atoms with Gasteiger partial charge < -0.3 is 9.13 Å².